The van der Waals surface area contributed by atoms with Gasteiger partial charge in [0.05, 0.1) is 17.8 Å². The zero-order chi connectivity index (χ0) is 25.5. The molecule has 1 aliphatic carbocycles. The molecule has 35 heavy (non-hydrogen) atoms. The lowest BCUT2D eigenvalue weighted by Crippen LogP contribution is -2.40. The molecule has 2 aliphatic rings. The molecule has 7 heteroatoms. The molecular formula is C28H50N2O4S. The van der Waals surface area contributed by atoms with Gasteiger partial charge < -0.3 is 10.1 Å². The van der Waals surface area contributed by atoms with E-state index in [4.69, 9.17) is 4.74 Å². The lowest BCUT2D eigenvalue weighted by Gasteiger charge is -2.31. The van der Waals surface area contributed by atoms with Crippen molar-refractivity contribution in [3.8, 4) is 0 Å². The van der Waals surface area contributed by atoms with Crippen molar-refractivity contribution in [1.29, 1.82) is 0 Å². The Morgan fingerprint density at radius 3 is 1.94 bits per heavy atom. The van der Waals surface area contributed by atoms with Gasteiger partial charge >= 0.3 is 0 Å². The van der Waals surface area contributed by atoms with Crippen molar-refractivity contribution in [2.75, 3.05) is 20.2 Å². The second kappa shape index (κ2) is 16.6. The topological polar surface area (TPSA) is 75.7 Å². The Morgan fingerprint density at radius 2 is 1.46 bits per heavy atom. The molecule has 202 valence electrons. The third kappa shape index (κ3) is 11.7. The number of ether oxygens (including phenoxy) is 1. The number of imide groups is 1. The number of rotatable bonds is 8. The van der Waals surface area contributed by atoms with E-state index in [0.717, 1.165) is 12.8 Å². The SMILES string of the molecule is COC(C)CC(=O)NCCN1C(=O)CC(SC2(C)CCCCCCCCCCCCCCC2)C1=O. The molecule has 3 amide bonds. The number of hydrogen-bond donors (Lipinski definition) is 1. The highest BCUT2D eigenvalue weighted by Gasteiger charge is 2.42. The lowest BCUT2D eigenvalue weighted by atomic mass is 9.94. The summed E-state index contributed by atoms with van der Waals surface area (Å²) in [6, 6.07) is 0. The predicted octanol–water partition coefficient (Wildman–Crippen LogP) is 6.01. The third-order valence-corrected chi connectivity index (χ3v) is 9.20. The van der Waals surface area contributed by atoms with Crippen LogP contribution in [-0.2, 0) is 19.1 Å². The van der Waals surface area contributed by atoms with E-state index in [0.29, 0.717) is 6.54 Å². The fourth-order valence-electron chi connectivity index (χ4n) is 5.23. The maximum Gasteiger partial charge on any atom is 0.242 e. The van der Waals surface area contributed by atoms with E-state index in [1.54, 1.807) is 18.9 Å². The second-order valence-electron chi connectivity index (χ2n) is 10.8. The molecule has 2 unspecified atom stereocenters. The Labute approximate surface area is 218 Å². The van der Waals surface area contributed by atoms with Gasteiger partial charge in [0.1, 0.15) is 0 Å². The Kier molecular flexibility index (Phi) is 14.3. The van der Waals surface area contributed by atoms with Crippen molar-refractivity contribution in [2.24, 2.45) is 0 Å². The van der Waals surface area contributed by atoms with Gasteiger partial charge in [0.25, 0.3) is 0 Å². The van der Waals surface area contributed by atoms with Crippen molar-refractivity contribution in [1.82, 2.24) is 10.2 Å². The minimum atomic E-state index is -0.290. The lowest BCUT2D eigenvalue weighted by molar-refractivity contribution is -0.138. The summed E-state index contributed by atoms with van der Waals surface area (Å²) >= 11 is 1.75. The maximum atomic E-state index is 13.1. The molecule has 1 N–H and O–H groups in total. The molecule has 1 heterocycles. The Morgan fingerprint density at radius 1 is 0.971 bits per heavy atom. The fourth-order valence-corrected chi connectivity index (χ4v) is 6.90. The van der Waals surface area contributed by atoms with Gasteiger partial charge in [0, 0.05) is 31.4 Å². The number of carbonyl (C=O) groups is 3. The molecule has 0 aromatic heterocycles. The molecule has 2 rings (SSSR count). The minimum Gasteiger partial charge on any atom is -0.381 e. The number of likely N-dealkylation sites (tertiary alicyclic amines) is 1. The first kappa shape index (κ1) is 30.1. The highest BCUT2D eigenvalue weighted by Crippen LogP contribution is 2.42. The van der Waals surface area contributed by atoms with Crippen LogP contribution in [0.5, 0.6) is 0 Å². The van der Waals surface area contributed by atoms with E-state index in [1.807, 2.05) is 6.92 Å². The molecule has 0 aromatic rings. The van der Waals surface area contributed by atoms with Crippen LogP contribution < -0.4 is 5.32 Å². The quantitative estimate of drug-likeness (QED) is 0.405. The molecule has 2 fully saturated rings. The highest BCUT2D eigenvalue weighted by molar-refractivity contribution is 8.02. The van der Waals surface area contributed by atoms with E-state index in [1.165, 1.54) is 88.4 Å². The molecule has 0 radical (unpaired) electrons. The standard InChI is InChI=1S/C28H50N2O4S/c1-23(34-3)21-25(31)29-19-20-30-26(32)22-24(27(30)33)35-28(2)17-15-13-11-9-7-5-4-6-8-10-12-14-16-18-28/h23-24H,4-22H2,1-3H3,(H,29,31). The van der Waals surface area contributed by atoms with Gasteiger partial charge in [0.2, 0.25) is 17.7 Å². The summed E-state index contributed by atoms with van der Waals surface area (Å²) in [5, 5.41) is 2.52. The minimum absolute atomic E-state index is 0.0399. The summed E-state index contributed by atoms with van der Waals surface area (Å²) in [5.74, 6) is -0.306. The van der Waals surface area contributed by atoms with E-state index in [9.17, 15) is 14.4 Å². The summed E-state index contributed by atoms with van der Waals surface area (Å²) in [4.78, 5) is 39.1. The number of methoxy groups -OCH3 is 1. The first-order valence-corrected chi connectivity index (χ1v) is 15.0. The van der Waals surface area contributed by atoms with Gasteiger partial charge in [-0.1, -0.05) is 90.4 Å². The highest BCUT2D eigenvalue weighted by atomic mass is 32.2. The molecule has 0 bridgehead atoms. The monoisotopic (exact) mass is 510 g/mol. The van der Waals surface area contributed by atoms with Gasteiger partial charge in [-0.3, -0.25) is 19.3 Å². The number of hydrogen-bond acceptors (Lipinski definition) is 5. The van der Waals surface area contributed by atoms with Gasteiger partial charge in [-0.25, -0.2) is 0 Å². The van der Waals surface area contributed by atoms with E-state index in [2.05, 4.69) is 12.2 Å². The van der Waals surface area contributed by atoms with Crippen LogP contribution in [-0.4, -0.2) is 58.9 Å². The number of nitrogens with zero attached hydrogens (tertiary/aromatic N) is 1. The number of carbonyl (C=O) groups excluding carboxylic acids is 3. The van der Waals surface area contributed by atoms with Gasteiger partial charge in [-0.2, -0.15) is 0 Å². The predicted molar refractivity (Wildman–Crippen MR) is 144 cm³/mol. The van der Waals surface area contributed by atoms with Crippen molar-refractivity contribution >= 4 is 29.5 Å². The summed E-state index contributed by atoms with van der Waals surface area (Å²) in [7, 11) is 1.57. The number of nitrogens with one attached hydrogen (secondary N) is 1. The Hall–Kier alpha value is -1.08. The van der Waals surface area contributed by atoms with Crippen LogP contribution in [0.15, 0.2) is 0 Å². The number of thioether (sulfide) groups is 1. The van der Waals surface area contributed by atoms with Crippen LogP contribution in [0.25, 0.3) is 0 Å². The van der Waals surface area contributed by atoms with Crippen molar-refractivity contribution in [2.45, 2.75) is 139 Å². The van der Waals surface area contributed by atoms with Crippen LogP contribution in [0.1, 0.15) is 123 Å². The molecule has 1 saturated heterocycles. The Balaban J connectivity index is 1.86. The first-order chi connectivity index (χ1) is 16.8. The van der Waals surface area contributed by atoms with Crippen LogP contribution in [0, 0.1) is 0 Å². The fraction of sp³-hybridized carbons (Fsp3) is 0.893. The zero-order valence-electron chi connectivity index (χ0n) is 22.6. The van der Waals surface area contributed by atoms with Crippen LogP contribution in [0.4, 0.5) is 0 Å². The van der Waals surface area contributed by atoms with E-state index in [-0.39, 0.29) is 53.2 Å². The second-order valence-corrected chi connectivity index (χ2v) is 12.6. The molecule has 2 atom stereocenters. The van der Waals surface area contributed by atoms with Crippen molar-refractivity contribution in [3.05, 3.63) is 0 Å². The normalized spacial score (nSPS) is 24.3. The maximum absolute atomic E-state index is 13.1. The summed E-state index contributed by atoms with van der Waals surface area (Å²) in [6.07, 6.45) is 19.8. The summed E-state index contributed by atoms with van der Waals surface area (Å²) in [6.45, 7) is 4.70. The van der Waals surface area contributed by atoms with Gasteiger partial charge in [-0.05, 0) is 19.8 Å². The van der Waals surface area contributed by atoms with E-state index >= 15 is 0 Å². The average molecular weight is 511 g/mol. The van der Waals surface area contributed by atoms with Crippen LogP contribution >= 0.6 is 11.8 Å². The van der Waals surface area contributed by atoms with Gasteiger partial charge in [0.15, 0.2) is 0 Å². The first-order valence-electron chi connectivity index (χ1n) is 14.2. The molecule has 1 aliphatic heterocycles. The van der Waals surface area contributed by atoms with E-state index < -0.39 is 0 Å². The zero-order valence-corrected chi connectivity index (χ0v) is 23.4. The molecule has 1 saturated carbocycles. The molecule has 6 nitrogen and oxygen atoms in total. The van der Waals surface area contributed by atoms with Gasteiger partial charge in [-0.15, -0.1) is 11.8 Å². The molecular weight excluding hydrogens is 460 g/mol. The van der Waals surface area contributed by atoms with Crippen LogP contribution in [0.3, 0.4) is 0 Å². The number of amides is 3. The van der Waals surface area contributed by atoms with Crippen molar-refractivity contribution in [3.63, 3.8) is 0 Å². The largest absolute Gasteiger partial charge is 0.381 e. The smallest absolute Gasteiger partial charge is 0.242 e. The Bertz CT molecular complexity index is 641. The van der Waals surface area contributed by atoms with Crippen molar-refractivity contribution < 1.29 is 19.1 Å². The third-order valence-electron chi connectivity index (χ3n) is 7.57. The molecule has 0 spiro atoms. The average Bonchev–Trinajstić information content (AvgIpc) is 3.07. The summed E-state index contributed by atoms with van der Waals surface area (Å²) < 4.78 is 5.15. The van der Waals surface area contributed by atoms with Crippen LogP contribution in [0.2, 0.25) is 0 Å². The summed E-state index contributed by atoms with van der Waals surface area (Å²) in [5.41, 5.74) is 0. The molecule has 0 aromatic carbocycles.